The summed E-state index contributed by atoms with van der Waals surface area (Å²) in [5.74, 6) is 0. The molecule has 0 spiro atoms. The molecule has 1 aromatic heterocycles. The molecule has 0 amide bonds. The van der Waals surface area contributed by atoms with E-state index >= 15 is 0 Å². The Hall–Kier alpha value is -1.61. The van der Waals surface area contributed by atoms with Crippen molar-refractivity contribution in [2.24, 2.45) is 5.73 Å². The van der Waals surface area contributed by atoms with Crippen molar-refractivity contribution >= 4 is 0 Å². The summed E-state index contributed by atoms with van der Waals surface area (Å²) in [5, 5.41) is 7.32. The van der Waals surface area contributed by atoms with Crippen molar-refractivity contribution in [2.75, 3.05) is 0 Å². The number of benzene rings is 1. The van der Waals surface area contributed by atoms with Crippen molar-refractivity contribution in [1.82, 2.24) is 10.2 Å². The van der Waals surface area contributed by atoms with E-state index in [0.29, 0.717) is 6.54 Å². The van der Waals surface area contributed by atoms with Gasteiger partial charge in [-0.2, -0.15) is 5.10 Å². The highest BCUT2D eigenvalue weighted by molar-refractivity contribution is 5.63. The zero-order valence-corrected chi connectivity index (χ0v) is 8.83. The van der Waals surface area contributed by atoms with Gasteiger partial charge in [0.25, 0.3) is 0 Å². The summed E-state index contributed by atoms with van der Waals surface area (Å²) in [7, 11) is 0. The maximum atomic E-state index is 5.65. The predicted octanol–water partition coefficient (Wildman–Crippen LogP) is 2.10. The van der Waals surface area contributed by atoms with E-state index < -0.39 is 0 Å². The van der Waals surface area contributed by atoms with Crippen molar-refractivity contribution < 1.29 is 0 Å². The van der Waals surface area contributed by atoms with Gasteiger partial charge in [-0.3, -0.25) is 5.10 Å². The standard InChI is InChI=1S/C12H15N3/c1-2-10-11(8-13)14-15-12(10)9-6-4-3-5-7-9/h3-7H,2,8,13H2,1H3,(H,14,15). The van der Waals surface area contributed by atoms with Gasteiger partial charge in [-0.1, -0.05) is 37.3 Å². The third kappa shape index (κ3) is 1.78. The molecular formula is C12H15N3. The van der Waals surface area contributed by atoms with Crippen LogP contribution >= 0.6 is 0 Å². The van der Waals surface area contributed by atoms with Crippen LogP contribution in [-0.2, 0) is 13.0 Å². The largest absolute Gasteiger partial charge is 0.325 e. The van der Waals surface area contributed by atoms with Crippen LogP contribution in [0.3, 0.4) is 0 Å². The molecule has 2 rings (SSSR count). The average Bonchev–Trinajstić information content (AvgIpc) is 2.72. The van der Waals surface area contributed by atoms with Crippen LogP contribution in [0.4, 0.5) is 0 Å². The molecular weight excluding hydrogens is 186 g/mol. The molecule has 0 aliphatic heterocycles. The van der Waals surface area contributed by atoms with Gasteiger partial charge in [-0.05, 0) is 6.42 Å². The molecule has 15 heavy (non-hydrogen) atoms. The Morgan fingerprint density at radius 2 is 2.00 bits per heavy atom. The van der Waals surface area contributed by atoms with Crippen LogP contribution < -0.4 is 5.73 Å². The quantitative estimate of drug-likeness (QED) is 0.799. The second-order valence-corrected chi connectivity index (χ2v) is 3.45. The molecule has 0 bridgehead atoms. The molecule has 3 heteroatoms. The van der Waals surface area contributed by atoms with Gasteiger partial charge in [0.1, 0.15) is 0 Å². The topological polar surface area (TPSA) is 54.7 Å². The molecule has 3 N–H and O–H groups in total. The van der Waals surface area contributed by atoms with E-state index in [-0.39, 0.29) is 0 Å². The van der Waals surface area contributed by atoms with Gasteiger partial charge in [-0.15, -0.1) is 0 Å². The molecule has 0 radical (unpaired) electrons. The van der Waals surface area contributed by atoms with Crippen LogP contribution in [0, 0.1) is 0 Å². The first-order valence-corrected chi connectivity index (χ1v) is 5.18. The maximum Gasteiger partial charge on any atom is 0.0955 e. The molecule has 2 aromatic rings. The summed E-state index contributed by atoms with van der Waals surface area (Å²) in [5.41, 5.74) is 10.1. The molecule has 0 fully saturated rings. The number of H-pyrrole nitrogens is 1. The van der Waals surface area contributed by atoms with E-state index in [1.807, 2.05) is 18.2 Å². The molecule has 0 saturated heterocycles. The second-order valence-electron chi connectivity index (χ2n) is 3.45. The first kappa shape index (κ1) is 9.93. The van der Waals surface area contributed by atoms with Crippen molar-refractivity contribution in [3.63, 3.8) is 0 Å². The molecule has 78 valence electrons. The van der Waals surface area contributed by atoms with E-state index in [1.165, 1.54) is 5.56 Å². The van der Waals surface area contributed by atoms with Crippen LogP contribution in [0.5, 0.6) is 0 Å². The van der Waals surface area contributed by atoms with Crippen LogP contribution in [0.25, 0.3) is 11.3 Å². The second kappa shape index (κ2) is 4.28. The summed E-state index contributed by atoms with van der Waals surface area (Å²) < 4.78 is 0. The highest BCUT2D eigenvalue weighted by atomic mass is 15.1. The lowest BCUT2D eigenvalue weighted by Crippen LogP contribution is -2.00. The van der Waals surface area contributed by atoms with Crippen molar-refractivity contribution in [3.8, 4) is 11.3 Å². The Bertz CT molecular complexity index is 431. The molecule has 3 nitrogen and oxygen atoms in total. The number of hydrogen-bond acceptors (Lipinski definition) is 2. The Morgan fingerprint density at radius 3 is 2.60 bits per heavy atom. The third-order valence-corrected chi connectivity index (χ3v) is 2.56. The number of nitrogens with zero attached hydrogens (tertiary/aromatic N) is 1. The lowest BCUT2D eigenvalue weighted by atomic mass is 10.0. The van der Waals surface area contributed by atoms with E-state index in [0.717, 1.165) is 23.4 Å². The molecule has 1 aromatic carbocycles. The lowest BCUT2D eigenvalue weighted by molar-refractivity contribution is 0.929. The fourth-order valence-electron chi connectivity index (χ4n) is 1.79. The summed E-state index contributed by atoms with van der Waals surface area (Å²) in [6.07, 6.45) is 0.952. The van der Waals surface area contributed by atoms with Crippen molar-refractivity contribution in [2.45, 2.75) is 19.9 Å². The summed E-state index contributed by atoms with van der Waals surface area (Å²) in [6, 6.07) is 10.2. The number of aromatic nitrogens is 2. The molecule has 0 aliphatic rings. The number of hydrogen-bond donors (Lipinski definition) is 2. The minimum atomic E-state index is 0.517. The molecule has 1 heterocycles. The third-order valence-electron chi connectivity index (χ3n) is 2.56. The van der Waals surface area contributed by atoms with Crippen LogP contribution in [-0.4, -0.2) is 10.2 Å². The normalized spacial score (nSPS) is 10.5. The number of rotatable bonds is 3. The van der Waals surface area contributed by atoms with Crippen molar-refractivity contribution in [1.29, 1.82) is 0 Å². The van der Waals surface area contributed by atoms with Crippen LogP contribution in [0.1, 0.15) is 18.2 Å². The van der Waals surface area contributed by atoms with Gasteiger partial charge in [-0.25, -0.2) is 0 Å². The summed E-state index contributed by atoms with van der Waals surface area (Å²) in [6.45, 7) is 2.64. The Kier molecular flexibility index (Phi) is 2.83. The highest BCUT2D eigenvalue weighted by Crippen LogP contribution is 2.23. The maximum absolute atomic E-state index is 5.65. The fourth-order valence-corrected chi connectivity index (χ4v) is 1.79. The molecule has 0 atom stereocenters. The monoisotopic (exact) mass is 201 g/mol. The Labute approximate surface area is 89.3 Å². The molecule has 0 aliphatic carbocycles. The zero-order valence-electron chi connectivity index (χ0n) is 8.83. The first-order chi connectivity index (χ1) is 7.36. The van der Waals surface area contributed by atoms with Gasteiger partial charge in [0.05, 0.1) is 11.4 Å². The van der Waals surface area contributed by atoms with Gasteiger partial charge >= 0.3 is 0 Å². The number of nitrogens with two attached hydrogens (primary N) is 1. The first-order valence-electron chi connectivity index (χ1n) is 5.18. The van der Waals surface area contributed by atoms with Gasteiger partial charge in [0, 0.05) is 17.7 Å². The average molecular weight is 201 g/mol. The lowest BCUT2D eigenvalue weighted by Gasteiger charge is -2.01. The molecule has 0 saturated carbocycles. The molecule has 0 unspecified atom stereocenters. The Morgan fingerprint density at radius 1 is 1.27 bits per heavy atom. The summed E-state index contributed by atoms with van der Waals surface area (Å²) in [4.78, 5) is 0. The predicted molar refractivity (Wildman–Crippen MR) is 61.3 cm³/mol. The van der Waals surface area contributed by atoms with Crippen LogP contribution in [0.15, 0.2) is 30.3 Å². The Balaban J connectivity index is 2.49. The zero-order chi connectivity index (χ0) is 10.7. The highest BCUT2D eigenvalue weighted by Gasteiger charge is 2.11. The number of aromatic amines is 1. The van der Waals surface area contributed by atoms with Gasteiger partial charge < -0.3 is 5.73 Å². The van der Waals surface area contributed by atoms with Crippen molar-refractivity contribution in [3.05, 3.63) is 41.6 Å². The van der Waals surface area contributed by atoms with Gasteiger partial charge in [0.15, 0.2) is 0 Å². The van der Waals surface area contributed by atoms with E-state index in [1.54, 1.807) is 0 Å². The minimum absolute atomic E-state index is 0.517. The van der Waals surface area contributed by atoms with Crippen LogP contribution in [0.2, 0.25) is 0 Å². The van der Waals surface area contributed by atoms with E-state index in [2.05, 4.69) is 29.3 Å². The number of nitrogens with one attached hydrogen (secondary N) is 1. The van der Waals surface area contributed by atoms with E-state index in [4.69, 9.17) is 5.73 Å². The SMILES string of the molecule is CCc1c(-c2ccccc2)n[nH]c1CN. The fraction of sp³-hybridized carbons (Fsp3) is 0.250. The summed E-state index contributed by atoms with van der Waals surface area (Å²) >= 11 is 0. The smallest absolute Gasteiger partial charge is 0.0955 e. The van der Waals surface area contributed by atoms with E-state index in [9.17, 15) is 0 Å². The van der Waals surface area contributed by atoms with Gasteiger partial charge in [0.2, 0.25) is 0 Å². The minimum Gasteiger partial charge on any atom is -0.325 e.